The molecule has 0 amide bonds. The van der Waals surface area contributed by atoms with Crippen molar-refractivity contribution in [3.63, 3.8) is 0 Å². The van der Waals surface area contributed by atoms with Crippen LogP contribution in [0, 0.1) is 22.7 Å². The topological polar surface area (TPSA) is 72.9 Å². The number of rotatable bonds is 2. The van der Waals surface area contributed by atoms with E-state index >= 15 is 0 Å². The van der Waals surface area contributed by atoms with Crippen LogP contribution in [-0.4, -0.2) is 41.2 Å². The highest BCUT2D eigenvalue weighted by Crippen LogP contribution is 2.45. The summed E-state index contributed by atoms with van der Waals surface area (Å²) in [5.41, 5.74) is 0.833. The van der Waals surface area contributed by atoms with Gasteiger partial charge in [-0.25, -0.2) is 0 Å². The second kappa shape index (κ2) is 4.91. The minimum Gasteiger partial charge on any atom is -0.378 e. The van der Waals surface area contributed by atoms with Gasteiger partial charge >= 0.3 is 0 Å². The van der Waals surface area contributed by atoms with Crippen LogP contribution in [-0.2, 0) is 10.2 Å². The highest BCUT2D eigenvalue weighted by molar-refractivity contribution is 5.40. The lowest BCUT2D eigenvalue weighted by Gasteiger charge is -2.49. The molecule has 22 heavy (non-hydrogen) atoms. The molecule has 3 atom stereocenters. The molecule has 1 aromatic heterocycles. The molecule has 5 nitrogen and oxygen atoms in total. The second-order valence-electron chi connectivity index (χ2n) is 6.33. The van der Waals surface area contributed by atoms with Gasteiger partial charge in [-0.3, -0.25) is 9.88 Å². The molecule has 2 saturated heterocycles. The zero-order chi connectivity index (χ0) is 15.2. The van der Waals surface area contributed by atoms with Crippen LogP contribution in [0.3, 0.4) is 0 Å². The van der Waals surface area contributed by atoms with Crippen molar-refractivity contribution in [1.82, 2.24) is 9.88 Å². The van der Waals surface area contributed by atoms with Crippen LogP contribution in [0.1, 0.15) is 24.0 Å². The summed E-state index contributed by atoms with van der Waals surface area (Å²) >= 11 is 0. The van der Waals surface area contributed by atoms with Crippen LogP contribution in [0.15, 0.2) is 30.6 Å². The van der Waals surface area contributed by atoms with Crippen molar-refractivity contribution in [3.05, 3.63) is 41.7 Å². The van der Waals surface area contributed by atoms with E-state index < -0.39 is 5.41 Å². The van der Waals surface area contributed by atoms with E-state index in [0.717, 1.165) is 31.6 Å². The number of fused-ring (bicyclic) bond motifs is 2. The molecule has 4 heterocycles. The highest BCUT2D eigenvalue weighted by atomic mass is 16.5. The summed E-state index contributed by atoms with van der Waals surface area (Å²) in [6.45, 7) is 1.58. The fourth-order valence-corrected chi connectivity index (χ4v) is 3.94. The predicted octanol–water partition coefficient (Wildman–Crippen LogP) is 1.52. The molecule has 3 aliphatic rings. The van der Waals surface area contributed by atoms with Crippen molar-refractivity contribution >= 4 is 0 Å². The predicted molar refractivity (Wildman–Crippen MR) is 78.6 cm³/mol. The van der Waals surface area contributed by atoms with Gasteiger partial charge in [0.15, 0.2) is 0 Å². The lowest BCUT2D eigenvalue weighted by Crippen LogP contribution is -2.59. The molecule has 0 spiro atoms. The average molecular weight is 292 g/mol. The van der Waals surface area contributed by atoms with Crippen molar-refractivity contribution < 1.29 is 4.74 Å². The molecule has 0 aliphatic carbocycles. The Morgan fingerprint density at radius 1 is 1.18 bits per heavy atom. The Morgan fingerprint density at radius 2 is 1.91 bits per heavy atom. The third-order valence-corrected chi connectivity index (χ3v) is 5.11. The SMILES string of the molecule is N#Cc1cncc([C@]2(C#N)C[C@H]3C=C[C@@H](C2)N3C2COC2)c1. The molecule has 110 valence electrons. The number of nitriles is 2. The van der Waals surface area contributed by atoms with E-state index in [1.165, 1.54) is 0 Å². The van der Waals surface area contributed by atoms with Gasteiger partial charge < -0.3 is 4.74 Å². The summed E-state index contributed by atoms with van der Waals surface area (Å²) in [5, 5.41) is 19.0. The number of ether oxygens (including phenoxy) is 1. The lowest BCUT2D eigenvalue weighted by molar-refractivity contribution is -0.0920. The standard InChI is InChI=1S/C17H16N4O/c18-6-12-3-13(8-20-7-12)17(11-19)4-14-1-2-15(5-17)21(14)16-9-22-10-16/h1-3,7-8,14-16H,4-5,9-10H2/t14-,15+,17-. The van der Waals surface area contributed by atoms with Gasteiger partial charge in [-0.1, -0.05) is 12.2 Å². The van der Waals surface area contributed by atoms with Gasteiger partial charge in [-0.2, -0.15) is 10.5 Å². The van der Waals surface area contributed by atoms with E-state index in [9.17, 15) is 5.26 Å². The van der Waals surface area contributed by atoms with Gasteiger partial charge in [0.05, 0.1) is 36.3 Å². The van der Waals surface area contributed by atoms with Crippen molar-refractivity contribution in [2.45, 2.75) is 36.4 Å². The summed E-state index contributed by atoms with van der Waals surface area (Å²) in [5.74, 6) is 0. The van der Waals surface area contributed by atoms with Gasteiger partial charge in [-0.05, 0) is 24.5 Å². The largest absolute Gasteiger partial charge is 0.378 e. The third-order valence-electron chi connectivity index (χ3n) is 5.11. The number of hydrogen-bond donors (Lipinski definition) is 0. The summed E-state index contributed by atoms with van der Waals surface area (Å²) < 4.78 is 5.33. The van der Waals surface area contributed by atoms with Crippen LogP contribution < -0.4 is 0 Å². The van der Waals surface area contributed by atoms with Crippen LogP contribution in [0.2, 0.25) is 0 Å². The summed E-state index contributed by atoms with van der Waals surface area (Å²) in [7, 11) is 0. The van der Waals surface area contributed by atoms with Gasteiger partial charge in [0.25, 0.3) is 0 Å². The van der Waals surface area contributed by atoms with Gasteiger partial charge in [0, 0.05) is 24.5 Å². The lowest BCUT2D eigenvalue weighted by atomic mass is 9.70. The quantitative estimate of drug-likeness (QED) is 0.773. The van der Waals surface area contributed by atoms with Crippen molar-refractivity contribution in [2.75, 3.05) is 13.2 Å². The maximum absolute atomic E-state index is 9.89. The molecule has 0 saturated carbocycles. The van der Waals surface area contributed by atoms with Crippen LogP contribution in [0.25, 0.3) is 0 Å². The van der Waals surface area contributed by atoms with Gasteiger partial charge in [0.1, 0.15) is 6.07 Å². The molecule has 0 unspecified atom stereocenters. The molecule has 1 aromatic rings. The number of piperidine rings is 1. The Balaban J connectivity index is 1.67. The molecular formula is C17H16N4O. The fourth-order valence-electron chi connectivity index (χ4n) is 3.94. The summed E-state index contributed by atoms with van der Waals surface area (Å²) in [6, 6.07) is 7.50. The van der Waals surface area contributed by atoms with Crippen molar-refractivity contribution in [2.24, 2.45) is 0 Å². The maximum atomic E-state index is 9.89. The molecule has 0 aromatic carbocycles. The molecule has 5 heteroatoms. The Bertz CT molecular complexity index is 694. The van der Waals surface area contributed by atoms with E-state index in [1.807, 2.05) is 6.07 Å². The van der Waals surface area contributed by atoms with Crippen LogP contribution >= 0.6 is 0 Å². The van der Waals surface area contributed by atoms with E-state index in [0.29, 0.717) is 11.6 Å². The first-order chi connectivity index (χ1) is 10.8. The molecule has 0 radical (unpaired) electrons. The van der Waals surface area contributed by atoms with E-state index in [1.54, 1.807) is 12.4 Å². The first-order valence-electron chi connectivity index (χ1n) is 7.56. The normalized spacial score (nSPS) is 33.9. The molecule has 0 N–H and O–H groups in total. The number of nitrogens with zero attached hydrogens (tertiary/aromatic N) is 4. The molecule has 3 aliphatic heterocycles. The first-order valence-corrected chi connectivity index (χ1v) is 7.56. The monoisotopic (exact) mass is 292 g/mol. The Morgan fingerprint density at radius 3 is 2.45 bits per heavy atom. The fraction of sp³-hybridized carbons (Fsp3) is 0.471. The van der Waals surface area contributed by atoms with E-state index in [-0.39, 0.29) is 12.1 Å². The van der Waals surface area contributed by atoms with Crippen LogP contribution in [0.5, 0.6) is 0 Å². The molecule has 4 rings (SSSR count). The minimum absolute atomic E-state index is 0.276. The Kier molecular flexibility index (Phi) is 3.00. The molecule has 2 fully saturated rings. The number of pyridine rings is 1. The molecule has 2 bridgehead atoms. The number of aromatic nitrogens is 1. The summed E-state index contributed by atoms with van der Waals surface area (Å²) in [4.78, 5) is 6.63. The number of hydrogen-bond acceptors (Lipinski definition) is 5. The smallest absolute Gasteiger partial charge is 0.101 e. The zero-order valence-electron chi connectivity index (χ0n) is 12.1. The van der Waals surface area contributed by atoms with E-state index in [2.05, 4.69) is 34.2 Å². The van der Waals surface area contributed by atoms with Gasteiger partial charge in [-0.15, -0.1) is 0 Å². The van der Waals surface area contributed by atoms with Gasteiger partial charge in [0.2, 0.25) is 0 Å². The third kappa shape index (κ3) is 1.87. The van der Waals surface area contributed by atoms with Crippen LogP contribution in [0.4, 0.5) is 0 Å². The van der Waals surface area contributed by atoms with Crippen molar-refractivity contribution in [1.29, 1.82) is 10.5 Å². The van der Waals surface area contributed by atoms with E-state index in [4.69, 9.17) is 10.00 Å². The Labute approximate surface area is 129 Å². The van der Waals surface area contributed by atoms with Crippen molar-refractivity contribution in [3.8, 4) is 12.1 Å². The first kappa shape index (κ1) is 13.5. The molecular weight excluding hydrogens is 276 g/mol. The average Bonchev–Trinajstić information content (AvgIpc) is 2.77. The minimum atomic E-state index is -0.556. The Hall–Kier alpha value is -2.21. The second-order valence-corrected chi connectivity index (χ2v) is 6.33. The highest BCUT2D eigenvalue weighted by Gasteiger charge is 2.50. The maximum Gasteiger partial charge on any atom is 0.101 e. The zero-order valence-corrected chi connectivity index (χ0v) is 12.1. The summed E-state index contributed by atoms with van der Waals surface area (Å²) in [6.07, 6.45) is 9.24.